The van der Waals surface area contributed by atoms with Crippen molar-refractivity contribution in [1.29, 1.82) is 0 Å². The van der Waals surface area contributed by atoms with Crippen molar-refractivity contribution >= 4 is 44.2 Å². The Balaban J connectivity index is 1.35. The summed E-state index contributed by atoms with van der Waals surface area (Å²) in [5.74, 6) is -0.213. The summed E-state index contributed by atoms with van der Waals surface area (Å²) in [6.45, 7) is 0.992. The van der Waals surface area contributed by atoms with Gasteiger partial charge in [-0.1, -0.05) is 41.3 Å². The second-order valence-corrected chi connectivity index (χ2v) is 11.6. The van der Waals surface area contributed by atoms with Gasteiger partial charge in [-0.15, -0.1) is 10.2 Å². The second kappa shape index (κ2) is 10.0. The van der Waals surface area contributed by atoms with Gasteiger partial charge in [-0.05, 0) is 48.7 Å². The molecule has 0 atom stereocenters. The van der Waals surface area contributed by atoms with Gasteiger partial charge in [0.2, 0.25) is 15.2 Å². The van der Waals surface area contributed by atoms with Crippen molar-refractivity contribution in [2.45, 2.75) is 34.0 Å². The zero-order valence-corrected chi connectivity index (χ0v) is 20.0. The molecule has 0 spiro atoms. The fourth-order valence-electron chi connectivity index (χ4n) is 3.33. The van der Waals surface area contributed by atoms with Gasteiger partial charge in [-0.25, -0.2) is 8.42 Å². The van der Waals surface area contributed by atoms with Crippen molar-refractivity contribution in [2.24, 2.45) is 0 Å². The fourth-order valence-corrected chi connectivity index (χ4v) is 6.53. The number of sulfonamides is 1. The van der Waals surface area contributed by atoms with Crippen molar-refractivity contribution < 1.29 is 26.4 Å². The maximum absolute atomic E-state index is 12.8. The normalized spacial score (nSPS) is 14.9. The molecule has 0 aliphatic carbocycles. The van der Waals surface area contributed by atoms with E-state index in [1.165, 1.54) is 46.4 Å². The molecule has 34 heavy (non-hydrogen) atoms. The van der Waals surface area contributed by atoms with E-state index in [4.69, 9.17) is 0 Å². The van der Waals surface area contributed by atoms with Crippen LogP contribution in [0, 0.1) is 0 Å². The lowest BCUT2D eigenvalue weighted by Crippen LogP contribution is -2.27. The van der Waals surface area contributed by atoms with Crippen molar-refractivity contribution in [2.75, 3.05) is 18.4 Å². The molecule has 1 fully saturated rings. The van der Waals surface area contributed by atoms with E-state index < -0.39 is 27.7 Å². The van der Waals surface area contributed by atoms with E-state index in [0.29, 0.717) is 23.0 Å². The number of rotatable bonds is 7. The highest BCUT2D eigenvalue weighted by Gasteiger charge is 2.30. The number of hydrogen-bond acceptors (Lipinski definition) is 7. The number of amides is 1. The van der Waals surface area contributed by atoms with Crippen molar-refractivity contribution in [3.63, 3.8) is 0 Å². The second-order valence-electron chi connectivity index (χ2n) is 7.45. The molecule has 1 aromatic heterocycles. The summed E-state index contributed by atoms with van der Waals surface area (Å²) in [7, 11) is -3.56. The van der Waals surface area contributed by atoms with Gasteiger partial charge in [0.15, 0.2) is 4.34 Å². The summed E-state index contributed by atoms with van der Waals surface area (Å²) >= 11 is 2.30. The zero-order chi connectivity index (χ0) is 24.3. The Hall–Kier alpha value is -2.48. The molecule has 0 radical (unpaired) electrons. The maximum Gasteiger partial charge on any atom is 0.416 e. The molecule has 3 aromatic rings. The lowest BCUT2D eigenvalue weighted by atomic mass is 10.1. The molecule has 2 heterocycles. The number of carbonyl (C=O) groups is 1. The Morgan fingerprint density at radius 2 is 1.79 bits per heavy atom. The molecule has 4 rings (SSSR count). The first-order valence-electron chi connectivity index (χ1n) is 10.2. The van der Waals surface area contributed by atoms with E-state index in [-0.39, 0.29) is 21.3 Å². The number of nitrogens with zero attached hydrogens (tertiary/aromatic N) is 3. The monoisotopic (exact) mass is 528 g/mol. The van der Waals surface area contributed by atoms with Gasteiger partial charge in [0, 0.05) is 24.4 Å². The Labute approximate surface area is 202 Å². The zero-order valence-electron chi connectivity index (χ0n) is 17.6. The third-order valence-corrected chi connectivity index (χ3v) is 9.02. The first-order valence-corrected chi connectivity index (χ1v) is 13.4. The number of alkyl halides is 3. The lowest BCUT2D eigenvalue weighted by Gasteiger charge is -2.15. The maximum atomic E-state index is 12.8. The van der Waals surface area contributed by atoms with Gasteiger partial charge in [-0.2, -0.15) is 17.5 Å². The highest BCUT2D eigenvalue weighted by molar-refractivity contribution is 8.00. The fraction of sp³-hybridized carbons (Fsp3) is 0.286. The quantitative estimate of drug-likeness (QED) is 0.347. The van der Waals surface area contributed by atoms with Crippen LogP contribution in [0.3, 0.4) is 0 Å². The predicted octanol–water partition coefficient (Wildman–Crippen LogP) is 4.89. The smallest absolute Gasteiger partial charge is 0.296 e. The standard InChI is InChI=1S/C21H19F3N4O3S3/c22-21(23,24)16-5-3-4-14(12-16)13-32-20-27-26-19(33-20)25-18(29)15-6-8-17(9-7-15)34(30,31)28-10-1-2-11-28/h3-9,12H,1-2,10-11,13H2,(H,25,26,29). The topological polar surface area (TPSA) is 92.3 Å². The Kier molecular flexibility index (Phi) is 7.26. The van der Waals surface area contributed by atoms with Gasteiger partial charge in [-0.3, -0.25) is 10.1 Å². The summed E-state index contributed by atoms with van der Waals surface area (Å²) in [6.07, 6.45) is -2.74. The highest BCUT2D eigenvalue weighted by Crippen LogP contribution is 2.32. The van der Waals surface area contributed by atoms with Crippen LogP contribution in [-0.2, 0) is 22.0 Å². The molecule has 1 N–H and O–H groups in total. The van der Waals surface area contributed by atoms with Gasteiger partial charge >= 0.3 is 6.18 Å². The van der Waals surface area contributed by atoms with Gasteiger partial charge in [0.1, 0.15) is 0 Å². The van der Waals surface area contributed by atoms with Crippen LogP contribution in [0.15, 0.2) is 57.8 Å². The molecule has 1 aliphatic rings. The van der Waals surface area contributed by atoms with Crippen LogP contribution in [0.25, 0.3) is 0 Å². The van der Waals surface area contributed by atoms with Crippen LogP contribution >= 0.6 is 23.1 Å². The number of benzene rings is 2. The van der Waals surface area contributed by atoms with Gasteiger partial charge in [0.05, 0.1) is 10.5 Å². The minimum atomic E-state index is -4.41. The van der Waals surface area contributed by atoms with Crippen LogP contribution < -0.4 is 5.32 Å². The van der Waals surface area contributed by atoms with E-state index in [1.807, 2.05) is 0 Å². The Morgan fingerprint density at radius 3 is 2.47 bits per heavy atom. The summed E-state index contributed by atoms with van der Waals surface area (Å²) in [4.78, 5) is 12.6. The lowest BCUT2D eigenvalue weighted by molar-refractivity contribution is -0.137. The summed E-state index contributed by atoms with van der Waals surface area (Å²) in [5.41, 5.74) is 0.0355. The molecule has 1 aliphatic heterocycles. The van der Waals surface area contributed by atoms with Crippen molar-refractivity contribution in [3.8, 4) is 0 Å². The van der Waals surface area contributed by atoms with Crippen molar-refractivity contribution in [3.05, 3.63) is 65.2 Å². The van der Waals surface area contributed by atoms with Crippen LogP contribution in [0.4, 0.5) is 18.3 Å². The molecule has 1 amide bonds. The molecule has 180 valence electrons. The van der Waals surface area contributed by atoms with Crippen LogP contribution in [0.2, 0.25) is 0 Å². The number of hydrogen-bond donors (Lipinski definition) is 1. The molecule has 2 aromatic carbocycles. The Bertz CT molecular complexity index is 1270. The summed E-state index contributed by atoms with van der Waals surface area (Å²) in [6, 6.07) is 10.7. The summed E-state index contributed by atoms with van der Waals surface area (Å²) in [5, 5.41) is 10.7. The molecular formula is C21H19F3N4O3S3. The minimum absolute atomic E-state index is 0.134. The number of carbonyl (C=O) groups excluding carboxylic acids is 1. The number of halogens is 3. The first-order chi connectivity index (χ1) is 16.1. The average Bonchev–Trinajstić information content (AvgIpc) is 3.50. The summed E-state index contributed by atoms with van der Waals surface area (Å²) < 4.78 is 65.6. The number of thioether (sulfide) groups is 1. The number of aromatic nitrogens is 2. The highest BCUT2D eigenvalue weighted by atomic mass is 32.2. The number of nitrogens with one attached hydrogen (secondary N) is 1. The Morgan fingerprint density at radius 1 is 1.09 bits per heavy atom. The number of anilines is 1. The molecule has 7 nitrogen and oxygen atoms in total. The molecule has 0 unspecified atom stereocenters. The van der Waals surface area contributed by atoms with Gasteiger partial charge < -0.3 is 0 Å². The average molecular weight is 529 g/mol. The first kappa shape index (κ1) is 24.6. The van der Waals surface area contributed by atoms with E-state index >= 15 is 0 Å². The van der Waals surface area contributed by atoms with Gasteiger partial charge in [0.25, 0.3) is 5.91 Å². The molecule has 0 bridgehead atoms. The molecule has 13 heteroatoms. The third-order valence-electron chi connectivity index (χ3n) is 5.06. The van der Waals surface area contributed by atoms with E-state index in [2.05, 4.69) is 15.5 Å². The van der Waals surface area contributed by atoms with Crippen molar-refractivity contribution in [1.82, 2.24) is 14.5 Å². The van der Waals surface area contributed by atoms with E-state index in [0.717, 1.165) is 36.3 Å². The molecule has 0 saturated carbocycles. The van der Waals surface area contributed by atoms with E-state index in [1.54, 1.807) is 6.07 Å². The predicted molar refractivity (Wildman–Crippen MR) is 123 cm³/mol. The van der Waals surface area contributed by atoms with Crippen LogP contribution in [0.5, 0.6) is 0 Å². The molecule has 1 saturated heterocycles. The molecular weight excluding hydrogens is 509 g/mol. The van der Waals surface area contributed by atoms with E-state index in [9.17, 15) is 26.4 Å². The largest absolute Gasteiger partial charge is 0.416 e. The van der Waals surface area contributed by atoms with Crippen LogP contribution in [-0.4, -0.2) is 41.9 Å². The third kappa shape index (κ3) is 5.77. The van der Waals surface area contributed by atoms with Crippen LogP contribution in [0.1, 0.15) is 34.3 Å². The SMILES string of the molecule is O=C(Nc1nnc(SCc2cccc(C(F)(F)F)c2)s1)c1ccc(S(=O)(=O)N2CCCC2)cc1. The minimum Gasteiger partial charge on any atom is -0.296 e.